The fourth-order valence-electron chi connectivity index (χ4n) is 5.69. The number of hydrogen-bond acceptors (Lipinski definition) is 8. The van der Waals surface area contributed by atoms with Crippen molar-refractivity contribution in [3.05, 3.63) is 57.2 Å². The van der Waals surface area contributed by atoms with Gasteiger partial charge in [0, 0.05) is 23.7 Å². The normalized spacial score (nSPS) is 20.4. The highest BCUT2D eigenvalue weighted by Gasteiger charge is 2.46. The van der Waals surface area contributed by atoms with Gasteiger partial charge in [-0.15, -0.1) is 0 Å². The number of nitrogens with zero attached hydrogens (tertiary/aromatic N) is 1. The van der Waals surface area contributed by atoms with E-state index in [2.05, 4.69) is 15.9 Å². The molecule has 2 aromatic rings. The van der Waals surface area contributed by atoms with Crippen molar-refractivity contribution < 1.29 is 33.3 Å². The zero-order chi connectivity index (χ0) is 29.8. The lowest BCUT2D eigenvalue weighted by atomic mass is 9.66. The van der Waals surface area contributed by atoms with Gasteiger partial charge in [0.05, 0.1) is 50.5 Å². The van der Waals surface area contributed by atoms with Crippen LogP contribution in [0.1, 0.15) is 63.5 Å². The third-order valence-corrected chi connectivity index (χ3v) is 8.09. The molecule has 1 saturated carbocycles. The van der Waals surface area contributed by atoms with Gasteiger partial charge in [0.1, 0.15) is 5.78 Å². The first kappa shape index (κ1) is 30.6. The molecule has 1 fully saturated rings. The van der Waals surface area contributed by atoms with Gasteiger partial charge in [0.15, 0.2) is 23.0 Å². The highest BCUT2D eigenvalue weighted by atomic mass is 79.9. The van der Waals surface area contributed by atoms with Crippen LogP contribution >= 0.6 is 15.9 Å². The van der Waals surface area contributed by atoms with Crippen LogP contribution in [0.15, 0.2) is 51.1 Å². The molecule has 1 aliphatic heterocycles. The number of fused-ring (bicyclic) bond motifs is 1. The summed E-state index contributed by atoms with van der Waals surface area (Å²) in [5, 5.41) is 0. The van der Waals surface area contributed by atoms with Crippen molar-refractivity contribution >= 4 is 33.4 Å². The van der Waals surface area contributed by atoms with Crippen molar-refractivity contribution in [1.82, 2.24) is 0 Å². The number of ketones is 1. The predicted octanol–water partition coefficient (Wildman–Crippen LogP) is 6.65. The highest BCUT2D eigenvalue weighted by Crippen LogP contribution is 2.49. The van der Waals surface area contributed by atoms with Gasteiger partial charge in [0.25, 0.3) is 0 Å². The number of Topliss-reactive ketones (excluding diaryl/α,β-unsaturated/α-hetero) is 1. The maximum Gasteiger partial charge on any atom is 0.336 e. The second-order valence-corrected chi connectivity index (χ2v) is 11.6. The maximum atomic E-state index is 14.1. The molecule has 8 nitrogen and oxygen atoms in total. The van der Waals surface area contributed by atoms with Crippen molar-refractivity contribution in [2.75, 3.05) is 34.5 Å². The Bertz CT molecular complexity index is 1380. The molecule has 0 saturated heterocycles. The van der Waals surface area contributed by atoms with Crippen LogP contribution in [-0.4, -0.2) is 52.0 Å². The molecule has 1 unspecified atom stereocenters. The summed E-state index contributed by atoms with van der Waals surface area (Å²) in [6, 6.07) is 9.49. The summed E-state index contributed by atoms with van der Waals surface area (Å²) in [4.78, 5) is 32.5. The Hall–Kier alpha value is -3.33. The van der Waals surface area contributed by atoms with E-state index in [0.717, 1.165) is 16.8 Å². The zero-order valence-corrected chi connectivity index (χ0v) is 26.3. The Labute approximate surface area is 250 Å². The molecule has 0 radical (unpaired) electrons. The summed E-state index contributed by atoms with van der Waals surface area (Å²) >= 11 is 3.61. The zero-order valence-electron chi connectivity index (χ0n) is 24.7. The molecular weight excluding hydrogens is 590 g/mol. The molecule has 3 atom stereocenters. The summed E-state index contributed by atoms with van der Waals surface area (Å²) in [7, 11) is 4.76. The van der Waals surface area contributed by atoms with Gasteiger partial charge in [-0.1, -0.05) is 19.9 Å². The number of rotatable bonds is 10. The smallest absolute Gasteiger partial charge is 0.336 e. The topological polar surface area (TPSA) is 92.7 Å². The Morgan fingerprint density at radius 2 is 1.68 bits per heavy atom. The average molecular weight is 629 g/mol. The molecular formula is C32H38BrNO7. The SMILES string of the molecule is CCOc1cc([C@H]2C(C(=O)OCC(C)C)=C(C)N=C3C[C@@H](c4ccc(OC)c(OC)c4)CC(=O)C32)cc(Br)c1OC. The third kappa shape index (κ3) is 6.30. The third-order valence-electron chi connectivity index (χ3n) is 7.50. The predicted molar refractivity (Wildman–Crippen MR) is 161 cm³/mol. The van der Waals surface area contributed by atoms with Crippen molar-refractivity contribution in [2.24, 2.45) is 16.8 Å². The van der Waals surface area contributed by atoms with Crippen molar-refractivity contribution in [1.29, 1.82) is 0 Å². The second kappa shape index (κ2) is 13.1. The number of esters is 1. The van der Waals surface area contributed by atoms with Gasteiger partial charge in [-0.25, -0.2) is 4.79 Å². The maximum absolute atomic E-state index is 14.1. The van der Waals surface area contributed by atoms with Crippen molar-refractivity contribution in [3.8, 4) is 23.0 Å². The lowest BCUT2D eigenvalue weighted by Gasteiger charge is -2.38. The number of halogens is 1. The molecule has 0 N–H and O–H groups in total. The van der Waals surface area contributed by atoms with Gasteiger partial charge in [0.2, 0.25) is 0 Å². The molecule has 2 aliphatic rings. The van der Waals surface area contributed by atoms with Crippen LogP contribution in [0.3, 0.4) is 0 Å². The molecule has 0 bridgehead atoms. The van der Waals surface area contributed by atoms with Gasteiger partial charge in [-0.3, -0.25) is 9.79 Å². The van der Waals surface area contributed by atoms with Crippen LogP contribution < -0.4 is 18.9 Å². The van der Waals surface area contributed by atoms with Gasteiger partial charge < -0.3 is 23.7 Å². The summed E-state index contributed by atoms with van der Waals surface area (Å²) in [5.41, 5.74) is 3.45. The first-order chi connectivity index (χ1) is 19.6. The van der Waals surface area contributed by atoms with Crippen molar-refractivity contribution in [3.63, 3.8) is 0 Å². The first-order valence-electron chi connectivity index (χ1n) is 13.8. The standard InChI is InChI=1S/C32H38BrNO7/c1-8-40-27-15-21(11-22(33)31(27)39-7)29-28(32(36)41-16-17(2)3)18(4)34-23-12-20(13-24(35)30(23)29)19-9-10-25(37-5)26(14-19)38-6/h9-11,14-15,17,20,29-30H,8,12-13,16H2,1-7H3/t20-,29+,30?/m1/s1. The number of carbonyl (C=O) groups is 2. The summed E-state index contributed by atoms with van der Waals surface area (Å²) < 4.78 is 28.7. The quantitative estimate of drug-likeness (QED) is 0.272. The molecule has 4 rings (SSSR count). The number of methoxy groups -OCH3 is 3. The minimum atomic E-state index is -0.605. The Kier molecular flexibility index (Phi) is 9.79. The minimum Gasteiger partial charge on any atom is -0.493 e. The number of ether oxygens (including phenoxy) is 5. The van der Waals surface area contributed by atoms with Crippen LogP contribution in [0.5, 0.6) is 23.0 Å². The molecule has 41 heavy (non-hydrogen) atoms. The van der Waals surface area contributed by atoms with Crippen molar-refractivity contribution in [2.45, 2.75) is 52.4 Å². The van der Waals surface area contributed by atoms with Crippen LogP contribution in [0.4, 0.5) is 0 Å². The molecule has 9 heteroatoms. The lowest BCUT2D eigenvalue weighted by molar-refractivity contribution is -0.140. The van der Waals surface area contributed by atoms with Crippen LogP contribution in [0.2, 0.25) is 0 Å². The number of hydrogen-bond donors (Lipinski definition) is 0. The summed E-state index contributed by atoms with van der Waals surface area (Å²) in [6.07, 6.45) is 0.877. The first-order valence-corrected chi connectivity index (χ1v) is 14.6. The number of aliphatic imine (C=N–C) groups is 1. The Morgan fingerprint density at radius 1 is 0.976 bits per heavy atom. The van der Waals surface area contributed by atoms with E-state index in [9.17, 15) is 9.59 Å². The Morgan fingerprint density at radius 3 is 2.32 bits per heavy atom. The highest BCUT2D eigenvalue weighted by molar-refractivity contribution is 9.10. The number of allylic oxidation sites excluding steroid dienone is 1. The largest absolute Gasteiger partial charge is 0.493 e. The van der Waals surface area contributed by atoms with Gasteiger partial charge in [-0.05, 0) is 83.4 Å². The molecule has 0 spiro atoms. The molecule has 1 aliphatic carbocycles. The van der Waals surface area contributed by atoms with E-state index in [4.69, 9.17) is 28.7 Å². The van der Waals surface area contributed by atoms with E-state index < -0.39 is 17.8 Å². The van der Waals surface area contributed by atoms with Crippen LogP contribution in [0.25, 0.3) is 0 Å². The summed E-state index contributed by atoms with van der Waals surface area (Å²) in [5.74, 6) is 0.784. The fraction of sp³-hybridized carbons (Fsp3) is 0.469. The monoisotopic (exact) mass is 627 g/mol. The van der Waals surface area contributed by atoms with Gasteiger partial charge >= 0.3 is 5.97 Å². The molecule has 0 amide bonds. The van der Waals surface area contributed by atoms with E-state index in [1.807, 2.05) is 58.0 Å². The average Bonchev–Trinajstić information content (AvgIpc) is 2.94. The van der Waals surface area contributed by atoms with E-state index in [-0.39, 0.29) is 24.2 Å². The van der Waals surface area contributed by atoms with E-state index >= 15 is 0 Å². The fourth-order valence-corrected chi connectivity index (χ4v) is 6.31. The number of benzene rings is 2. The second-order valence-electron chi connectivity index (χ2n) is 10.7. The van der Waals surface area contributed by atoms with Gasteiger partial charge in [-0.2, -0.15) is 0 Å². The summed E-state index contributed by atoms with van der Waals surface area (Å²) in [6.45, 7) is 8.37. The minimum absolute atomic E-state index is 0.0198. The van der Waals surface area contributed by atoms with E-state index in [0.29, 0.717) is 58.2 Å². The van der Waals surface area contributed by atoms with E-state index in [1.165, 1.54) is 0 Å². The lowest BCUT2D eigenvalue weighted by Crippen LogP contribution is -2.41. The molecule has 220 valence electrons. The van der Waals surface area contributed by atoms with Crippen LogP contribution in [0, 0.1) is 11.8 Å². The van der Waals surface area contributed by atoms with Crippen LogP contribution in [-0.2, 0) is 14.3 Å². The molecule has 1 heterocycles. The molecule has 2 aromatic carbocycles. The number of carbonyl (C=O) groups excluding carboxylic acids is 2. The molecule has 0 aromatic heterocycles. The Balaban J connectivity index is 1.82. The van der Waals surface area contributed by atoms with E-state index in [1.54, 1.807) is 21.3 Å².